The number of carbonyl (C=O) groups is 1. The second-order valence-electron chi connectivity index (χ2n) is 6.58. The third-order valence-electron chi connectivity index (χ3n) is 3.96. The monoisotopic (exact) mass is 422 g/mol. The number of rotatable bonds is 8. The first-order chi connectivity index (χ1) is 13.8. The Bertz CT molecular complexity index is 970. The molecule has 0 saturated heterocycles. The highest BCUT2D eigenvalue weighted by molar-refractivity contribution is 7.16. The van der Waals surface area contributed by atoms with E-state index in [-0.39, 0.29) is 24.0 Å². The van der Waals surface area contributed by atoms with E-state index in [0.29, 0.717) is 29.0 Å². The van der Waals surface area contributed by atoms with Gasteiger partial charge in [0.15, 0.2) is 11.0 Å². The number of halogens is 2. The molecule has 2 aromatic heterocycles. The minimum atomic E-state index is -2.87. The van der Waals surface area contributed by atoms with Gasteiger partial charge in [0, 0.05) is 29.2 Å². The largest absolute Gasteiger partial charge is 0.435 e. The molecule has 0 spiro atoms. The van der Waals surface area contributed by atoms with Crippen molar-refractivity contribution in [1.29, 1.82) is 0 Å². The second-order valence-corrected chi connectivity index (χ2v) is 7.78. The van der Waals surface area contributed by atoms with Gasteiger partial charge in [0.05, 0.1) is 5.69 Å². The lowest BCUT2D eigenvalue weighted by Crippen LogP contribution is -2.12. The zero-order valence-electron chi connectivity index (χ0n) is 16.1. The molecular weight excluding hydrogens is 402 g/mol. The topological polar surface area (TPSA) is 90.1 Å². The molecule has 3 aromatic rings. The molecule has 1 N–H and O–H groups in total. The SMILES string of the molecule is Cc1sc(NC(=O)CCc2nc(C(C)C)no2)nc1-c1ccc(OC(F)F)cc1. The molecule has 3 rings (SSSR count). The molecule has 0 bridgehead atoms. The van der Waals surface area contributed by atoms with E-state index >= 15 is 0 Å². The van der Waals surface area contributed by atoms with Crippen molar-refractivity contribution in [3.05, 3.63) is 40.9 Å². The van der Waals surface area contributed by atoms with Gasteiger partial charge in [-0.15, -0.1) is 11.3 Å². The maximum Gasteiger partial charge on any atom is 0.387 e. The van der Waals surface area contributed by atoms with Crippen LogP contribution in [-0.2, 0) is 11.2 Å². The standard InChI is InChI=1S/C19H20F2N4O3S/c1-10(2)17-23-15(28-25-17)9-8-14(26)22-19-24-16(11(3)29-19)12-4-6-13(7-5-12)27-18(20)21/h4-7,10,18H,8-9H2,1-3H3,(H,22,24,26). The van der Waals surface area contributed by atoms with E-state index in [9.17, 15) is 13.6 Å². The number of aryl methyl sites for hydroxylation is 2. The highest BCUT2D eigenvalue weighted by Crippen LogP contribution is 2.31. The summed E-state index contributed by atoms with van der Waals surface area (Å²) < 4.78 is 34.0. The molecule has 2 heterocycles. The van der Waals surface area contributed by atoms with E-state index in [0.717, 1.165) is 10.4 Å². The highest BCUT2D eigenvalue weighted by Gasteiger charge is 2.15. The number of amides is 1. The van der Waals surface area contributed by atoms with Crippen molar-refractivity contribution in [2.75, 3.05) is 5.32 Å². The highest BCUT2D eigenvalue weighted by atomic mass is 32.1. The van der Waals surface area contributed by atoms with Crippen molar-refractivity contribution >= 4 is 22.4 Å². The Balaban J connectivity index is 1.59. The van der Waals surface area contributed by atoms with Gasteiger partial charge in [-0.05, 0) is 31.2 Å². The number of hydrogen-bond donors (Lipinski definition) is 1. The van der Waals surface area contributed by atoms with Crippen molar-refractivity contribution in [3.8, 4) is 17.0 Å². The molecule has 0 aliphatic heterocycles. The normalized spacial score (nSPS) is 11.3. The number of alkyl halides is 2. The van der Waals surface area contributed by atoms with Gasteiger partial charge in [-0.25, -0.2) is 4.98 Å². The van der Waals surface area contributed by atoms with Crippen molar-refractivity contribution in [2.45, 2.75) is 46.1 Å². The summed E-state index contributed by atoms with van der Waals surface area (Å²) in [4.78, 5) is 21.8. The molecule has 0 atom stereocenters. The predicted molar refractivity (Wildman–Crippen MR) is 104 cm³/mol. The average Bonchev–Trinajstić information content (AvgIpc) is 3.27. The molecule has 0 aliphatic carbocycles. The van der Waals surface area contributed by atoms with E-state index in [4.69, 9.17) is 4.52 Å². The van der Waals surface area contributed by atoms with Crippen LogP contribution in [0.25, 0.3) is 11.3 Å². The van der Waals surface area contributed by atoms with Crippen LogP contribution in [0.4, 0.5) is 13.9 Å². The molecule has 0 fully saturated rings. The predicted octanol–water partition coefficient (Wildman–Crippen LogP) is 4.80. The van der Waals surface area contributed by atoms with Gasteiger partial charge < -0.3 is 14.6 Å². The Labute approximate surface area is 170 Å². The average molecular weight is 422 g/mol. The van der Waals surface area contributed by atoms with Gasteiger partial charge in [0.25, 0.3) is 0 Å². The molecule has 29 heavy (non-hydrogen) atoms. The quantitative estimate of drug-likeness (QED) is 0.561. The van der Waals surface area contributed by atoms with Crippen LogP contribution >= 0.6 is 11.3 Å². The van der Waals surface area contributed by atoms with Crippen LogP contribution in [-0.4, -0.2) is 27.6 Å². The molecule has 0 unspecified atom stereocenters. The lowest BCUT2D eigenvalue weighted by molar-refractivity contribution is -0.116. The van der Waals surface area contributed by atoms with Crippen LogP contribution in [0.15, 0.2) is 28.8 Å². The number of anilines is 1. The van der Waals surface area contributed by atoms with Crippen molar-refractivity contribution in [3.63, 3.8) is 0 Å². The van der Waals surface area contributed by atoms with Gasteiger partial charge in [-0.2, -0.15) is 13.8 Å². The minimum absolute atomic E-state index is 0.0757. The third kappa shape index (κ3) is 5.57. The first-order valence-corrected chi connectivity index (χ1v) is 9.78. The third-order valence-corrected chi connectivity index (χ3v) is 4.85. The number of nitrogens with zero attached hydrogens (tertiary/aromatic N) is 3. The Morgan fingerprint density at radius 1 is 1.24 bits per heavy atom. The fourth-order valence-corrected chi connectivity index (χ4v) is 3.37. The van der Waals surface area contributed by atoms with Crippen LogP contribution in [0, 0.1) is 6.92 Å². The Kier molecular flexibility index (Phi) is 6.53. The summed E-state index contributed by atoms with van der Waals surface area (Å²) in [5.41, 5.74) is 1.42. The van der Waals surface area contributed by atoms with Crippen LogP contribution in [0.1, 0.15) is 42.8 Å². The van der Waals surface area contributed by atoms with E-state index in [1.165, 1.54) is 23.5 Å². The maximum atomic E-state index is 12.3. The summed E-state index contributed by atoms with van der Waals surface area (Å²) in [6.07, 6.45) is 0.529. The Morgan fingerprint density at radius 3 is 2.59 bits per heavy atom. The first kappa shape index (κ1) is 20.8. The number of nitrogens with one attached hydrogen (secondary N) is 1. The Hall–Kier alpha value is -2.88. The molecule has 0 saturated carbocycles. The summed E-state index contributed by atoms with van der Waals surface area (Å²) in [5, 5.41) is 7.10. The van der Waals surface area contributed by atoms with Gasteiger partial charge >= 0.3 is 6.61 Å². The van der Waals surface area contributed by atoms with Gasteiger partial charge in [-0.3, -0.25) is 4.79 Å². The minimum Gasteiger partial charge on any atom is -0.435 e. The zero-order valence-corrected chi connectivity index (χ0v) is 16.9. The summed E-state index contributed by atoms with van der Waals surface area (Å²) in [7, 11) is 0. The molecule has 0 aliphatic rings. The van der Waals surface area contributed by atoms with Crippen LogP contribution in [0.3, 0.4) is 0 Å². The smallest absolute Gasteiger partial charge is 0.387 e. The first-order valence-electron chi connectivity index (χ1n) is 8.97. The van der Waals surface area contributed by atoms with Crippen molar-refractivity contribution < 1.29 is 22.8 Å². The van der Waals surface area contributed by atoms with E-state index in [2.05, 4.69) is 25.2 Å². The molecule has 1 aromatic carbocycles. The van der Waals surface area contributed by atoms with E-state index in [1.807, 2.05) is 20.8 Å². The molecule has 10 heteroatoms. The van der Waals surface area contributed by atoms with Gasteiger partial charge in [0.2, 0.25) is 11.8 Å². The zero-order chi connectivity index (χ0) is 21.0. The lowest BCUT2D eigenvalue weighted by Gasteiger charge is -2.05. The Morgan fingerprint density at radius 2 is 1.97 bits per heavy atom. The number of carbonyl (C=O) groups excluding carboxylic acids is 1. The van der Waals surface area contributed by atoms with Gasteiger partial charge in [0.1, 0.15) is 5.75 Å². The fraction of sp³-hybridized carbons (Fsp3) is 0.368. The molecule has 0 radical (unpaired) electrons. The summed E-state index contributed by atoms with van der Waals surface area (Å²) in [6.45, 7) is 2.93. The maximum absolute atomic E-state index is 12.3. The van der Waals surface area contributed by atoms with E-state index < -0.39 is 6.61 Å². The number of hydrogen-bond acceptors (Lipinski definition) is 7. The number of thiazole rings is 1. The van der Waals surface area contributed by atoms with Crippen LogP contribution in [0.2, 0.25) is 0 Å². The van der Waals surface area contributed by atoms with Crippen LogP contribution in [0.5, 0.6) is 5.75 Å². The molecule has 1 amide bonds. The van der Waals surface area contributed by atoms with E-state index in [1.54, 1.807) is 12.1 Å². The summed E-state index contributed by atoms with van der Waals surface area (Å²) >= 11 is 1.34. The lowest BCUT2D eigenvalue weighted by atomic mass is 10.1. The fourth-order valence-electron chi connectivity index (χ4n) is 2.52. The summed E-state index contributed by atoms with van der Waals surface area (Å²) in [5.74, 6) is 1.06. The van der Waals surface area contributed by atoms with Crippen molar-refractivity contribution in [2.24, 2.45) is 0 Å². The van der Waals surface area contributed by atoms with Crippen LogP contribution < -0.4 is 10.1 Å². The van der Waals surface area contributed by atoms with Crippen molar-refractivity contribution in [1.82, 2.24) is 15.1 Å². The van der Waals surface area contributed by atoms with Gasteiger partial charge in [-0.1, -0.05) is 19.0 Å². The summed E-state index contributed by atoms with van der Waals surface area (Å²) in [6, 6.07) is 6.20. The molecule has 154 valence electrons. The molecule has 7 nitrogen and oxygen atoms in total. The number of benzene rings is 1. The number of aromatic nitrogens is 3. The number of ether oxygens (including phenoxy) is 1. The second kappa shape index (κ2) is 9.08. The molecular formula is C19H20F2N4O3S.